The Kier molecular flexibility index (Phi) is 6.57. The maximum atomic E-state index is 12.1. The van der Waals surface area contributed by atoms with Gasteiger partial charge >= 0.3 is 0 Å². The molecule has 25 heavy (non-hydrogen) atoms. The lowest BCUT2D eigenvalue weighted by Gasteiger charge is -2.08. The monoisotopic (exact) mass is 367 g/mol. The third-order valence-electron chi connectivity index (χ3n) is 3.96. The Labute approximate surface area is 148 Å². The van der Waals surface area contributed by atoms with Gasteiger partial charge in [0.05, 0.1) is 26.4 Å². The Morgan fingerprint density at radius 2 is 2.08 bits per heavy atom. The summed E-state index contributed by atoms with van der Waals surface area (Å²) < 4.78 is 26.7. The molecule has 0 aliphatic heterocycles. The van der Waals surface area contributed by atoms with Crippen molar-refractivity contribution in [3.8, 4) is 0 Å². The van der Waals surface area contributed by atoms with Gasteiger partial charge in [-0.2, -0.15) is 0 Å². The van der Waals surface area contributed by atoms with Crippen LogP contribution in [0.4, 0.5) is 0 Å². The summed E-state index contributed by atoms with van der Waals surface area (Å²) >= 11 is 0. The molecule has 0 saturated heterocycles. The molecule has 1 aromatic carbocycles. The van der Waals surface area contributed by atoms with E-state index in [4.69, 9.17) is 0 Å². The summed E-state index contributed by atoms with van der Waals surface area (Å²) in [6.07, 6.45) is 2.95. The van der Waals surface area contributed by atoms with Crippen LogP contribution in [0, 0.1) is 0 Å². The number of benzene rings is 1. The molecule has 1 heterocycles. The van der Waals surface area contributed by atoms with E-state index in [1.807, 2.05) is 18.3 Å². The zero-order valence-electron chi connectivity index (χ0n) is 14.6. The van der Waals surface area contributed by atoms with E-state index in [9.17, 15) is 18.3 Å². The number of aliphatic carboxylic acids is 1. The third-order valence-corrected chi connectivity index (χ3v) is 5.32. The van der Waals surface area contributed by atoms with Crippen LogP contribution in [0.3, 0.4) is 0 Å². The quantitative estimate of drug-likeness (QED) is 0.459. The molecular weight excluding hydrogens is 342 g/mol. The molecule has 0 amide bonds. The van der Waals surface area contributed by atoms with Gasteiger partial charge in [-0.3, -0.25) is 0 Å². The maximum absolute atomic E-state index is 12.1. The molecule has 0 atom stereocenters. The average molecular weight is 367 g/mol. The van der Waals surface area contributed by atoms with Crippen molar-refractivity contribution < 1.29 is 23.2 Å². The molecule has 0 radical (unpaired) electrons. The zero-order chi connectivity index (χ0) is 18.4. The van der Waals surface area contributed by atoms with Crippen LogP contribution >= 0.6 is 0 Å². The number of quaternary nitrogens is 1. The number of carbonyl (C=O) groups is 1. The number of aromatic amines is 1. The van der Waals surface area contributed by atoms with Crippen LogP contribution in [-0.2, 0) is 27.0 Å². The number of carboxylic acids is 1. The highest BCUT2D eigenvalue weighted by Crippen LogP contribution is 2.21. The number of H-pyrrole nitrogens is 1. The van der Waals surface area contributed by atoms with Gasteiger partial charge < -0.3 is 19.8 Å². The molecule has 0 fully saturated rings. The first-order valence-corrected chi connectivity index (χ1v) is 9.97. The molecule has 0 saturated carbocycles. The second-order valence-electron chi connectivity index (χ2n) is 6.53. The molecule has 8 heteroatoms. The van der Waals surface area contributed by atoms with Crippen LogP contribution in [-0.4, -0.2) is 46.6 Å². The normalized spacial score (nSPS) is 12.1. The first-order chi connectivity index (χ1) is 11.8. The molecule has 2 rings (SSSR count). The number of carboxylic acid groups (broad SMARTS) is 1. The largest absolute Gasteiger partial charge is 0.550 e. The number of fused-ring (bicyclic) bond motifs is 1. The van der Waals surface area contributed by atoms with Gasteiger partial charge in [-0.05, 0) is 36.1 Å². The molecule has 138 valence electrons. The van der Waals surface area contributed by atoms with Crippen molar-refractivity contribution in [1.29, 1.82) is 0 Å². The van der Waals surface area contributed by atoms with Crippen molar-refractivity contribution in [1.82, 2.24) is 9.71 Å². The van der Waals surface area contributed by atoms with E-state index < -0.39 is 16.0 Å². The number of nitrogens with one attached hydrogen (secondary N) is 3. The van der Waals surface area contributed by atoms with Crippen LogP contribution < -0.4 is 14.7 Å². The van der Waals surface area contributed by atoms with Crippen LogP contribution in [0.5, 0.6) is 0 Å². The summed E-state index contributed by atoms with van der Waals surface area (Å²) in [6, 6.07) is 5.59. The van der Waals surface area contributed by atoms with E-state index in [-0.39, 0.29) is 25.1 Å². The topological polar surface area (TPSA) is 107 Å². The molecular formula is C17H25N3O4S. The number of likely N-dealkylation sites (N-methyl/N-ethyl adjacent to an activating group) is 1. The van der Waals surface area contributed by atoms with Gasteiger partial charge in [0.25, 0.3) is 0 Å². The molecule has 1 aromatic heterocycles. The molecule has 3 N–H and O–H groups in total. The number of hydrogen-bond acceptors (Lipinski definition) is 4. The van der Waals surface area contributed by atoms with Crippen molar-refractivity contribution >= 4 is 26.9 Å². The average Bonchev–Trinajstić information content (AvgIpc) is 2.91. The fraction of sp³-hybridized carbons (Fsp3) is 0.471. The van der Waals surface area contributed by atoms with Gasteiger partial charge in [0.15, 0.2) is 0 Å². The summed E-state index contributed by atoms with van der Waals surface area (Å²) in [5, 5.41) is 11.4. The fourth-order valence-electron chi connectivity index (χ4n) is 2.64. The minimum absolute atomic E-state index is 0.0968. The van der Waals surface area contributed by atoms with Crippen LogP contribution in [0.25, 0.3) is 10.9 Å². The van der Waals surface area contributed by atoms with Crippen LogP contribution in [0.1, 0.15) is 24.0 Å². The van der Waals surface area contributed by atoms with Gasteiger partial charge in [-0.1, -0.05) is 6.07 Å². The van der Waals surface area contributed by atoms with Gasteiger partial charge in [0.1, 0.15) is 0 Å². The fourth-order valence-corrected chi connectivity index (χ4v) is 3.81. The summed E-state index contributed by atoms with van der Waals surface area (Å²) in [7, 11) is 0.692. The Balaban J connectivity index is 2.04. The van der Waals surface area contributed by atoms with E-state index in [1.165, 1.54) is 10.5 Å². The predicted molar refractivity (Wildman–Crippen MR) is 94.5 cm³/mol. The van der Waals surface area contributed by atoms with Gasteiger partial charge in [0, 0.05) is 36.0 Å². The molecule has 0 aliphatic carbocycles. The number of carbonyl (C=O) groups excluding carboxylic acids is 1. The summed E-state index contributed by atoms with van der Waals surface area (Å²) in [6.45, 7) is 1.09. The number of rotatable bonds is 10. The van der Waals surface area contributed by atoms with E-state index >= 15 is 0 Å². The predicted octanol–water partition coefficient (Wildman–Crippen LogP) is -1.20. The lowest BCUT2D eigenvalue weighted by Crippen LogP contribution is -3.05. The van der Waals surface area contributed by atoms with Crippen molar-refractivity contribution in [2.75, 3.05) is 27.2 Å². The maximum Gasteiger partial charge on any atom is 0.215 e. The van der Waals surface area contributed by atoms with Crippen molar-refractivity contribution in [3.63, 3.8) is 0 Å². The van der Waals surface area contributed by atoms with Gasteiger partial charge in [0.2, 0.25) is 10.0 Å². The second-order valence-corrected chi connectivity index (χ2v) is 8.34. The Bertz CT molecular complexity index is 828. The Morgan fingerprint density at radius 1 is 1.32 bits per heavy atom. The number of aromatic nitrogens is 1. The highest BCUT2D eigenvalue weighted by molar-refractivity contribution is 7.88. The summed E-state index contributed by atoms with van der Waals surface area (Å²) in [5.74, 6) is -1.30. The molecule has 0 bridgehead atoms. The third kappa shape index (κ3) is 6.15. The SMILES string of the molecule is C[NH+](C)CCc1c[nH]c2ccc(CS(=O)(=O)NCCCC(=O)[O-])cc12. The summed E-state index contributed by atoms with van der Waals surface area (Å²) in [4.78, 5) is 14.9. The highest BCUT2D eigenvalue weighted by atomic mass is 32.2. The van der Waals surface area contributed by atoms with Crippen LogP contribution in [0.15, 0.2) is 24.4 Å². The highest BCUT2D eigenvalue weighted by Gasteiger charge is 2.13. The Hall–Kier alpha value is -1.90. The smallest absolute Gasteiger partial charge is 0.215 e. The standard InChI is InChI=1S/C17H25N3O4S/c1-20(2)9-7-14-11-18-16-6-5-13(10-15(14)16)12-25(23,24)19-8-3-4-17(21)22/h5-6,10-11,18-19H,3-4,7-9,12H2,1-2H3,(H,21,22). The Morgan fingerprint density at radius 3 is 2.76 bits per heavy atom. The van der Waals surface area contributed by atoms with E-state index in [0.29, 0.717) is 5.56 Å². The lowest BCUT2D eigenvalue weighted by atomic mass is 10.1. The summed E-state index contributed by atoms with van der Waals surface area (Å²) in [5.41, 5.74) is 2.88. The van der Waals surface area contributed by atoms with Gasteiger partial charge in [-0.25, -0.2) is 13.1 Å². The first-order valence-electron chi connectivity index (χ1n) is 8.32. The molecule has 7 nitrogen and oxygen atoms in total. The van der Waals surface area contributed by atoms with Crippen molar-refractivity contribution in [2.24, 2.45) is 0 Å². The molecule has 0 spiro atoms. The van der Waals surface area contributed by atoms with E-state index in [0.717, 1.165) is 23.9 Å². The second kappa shape index (κ2) is 8.46. The molecule has 0 unspecified atom stereocenters. The minimum atomic E-state index is -3.50. The number of hydrogen-bond donors (Lipinski definition) is 3. The van der Waals surface area contributed by atoms with Crippen molar-refractivity contribution in [3.05, 3.63) is 35.5 Å². The van der Waals surface area contributed by atoms with E-state index in [1.54, 1.807) is 6.07 Å². The van der Waals surface area contributed by atoms with Crippen LogP contribution in [0.2, 0.25) is 0 Å². The van der Waals surface area contributed by atoms with E-state index in [2.05, 4.69) is 23.8 Å². The minimum Gasteiger partial charge on any atom is -0.550 e. The molecule has 2 aromatic rings. The zero-order valence-corrected chi connectivity index (χ0v) is 15.4. The lowest BCUT2D eigenvalue weighted by molar-refractivity contribution is -0.858. The first kappa shape index (κ1) is 19.4. The van der Waals surface area contributed by atoms with Gasteiger partial charge in [-0.15, -0.1) is 0 Å². The van der Waals surface area contributed by atoms with Crippen molar-refractivity contribution in [2.45, 2.75) is 25.0 Å². The molecule has 0 aliphatic rings. The number of sulfonamides is 1.